The van der Waals surface area contributed by atoms with Gasteiger partial charge in [0.25, 0.3) is 5.56 Å². The molecule has 0 aromatic carbocycles. The Labute approximate surface area is 113 Å². The van der Waals surface area contributed by atoms with Crippen molar-refractivity contribution in [3.63, 3.8) is 0 Å². The van der Waals surface area contributed by atoms with Gasteiger partial charge in [0.1, 0.15) is 11.3 Å². The smallest absolute Gasteiger partial charge is 0.343 e. The van der Waals surface area contributed by atoms with Crippen LogP contribution in [0.15, 0.2) is 35.4 Å². The van der Waals surface area contributed by atoms with Crippen molar-refractivity contribution in [2.24, 2.45) is 0 Å². The Bertz CT molecular complexity index is 712. The predicted molar refractivity (Wildman–Crippen MR) is 67.7 cm³/mol. The molecule has 0 radical (unpaired) electrons. The Hall–Kier alpha value is -2.70. The van der Waals surface area contributed by atoms with E-state index in [0.717, 1.165) is 17.7 Å². The molecule has 0 saturated heterocycles. The van der Waals surface area contributed by atoms with Crippen molar-refractivity contribution < 1.29 is 18.7 Å². The summed E-state index contributed by atoms with van der Waals surface area (Å²) < 4.78 is 24.2. The Balaban J connectivity index is 2.59. The van der Waals surface area contributed by atoms with Crippen molar-refractivity contribution in [3.05, 3.63) is 52.3 Å². The molecule has 0 N–H and O–H groups in total. The summed E-state index contributed by atoms with van der Waals surface area (Å²) in [4.78, 5) is 27.4. The van der Waals surface area contributed by atoms with Crippen LogP contribution in [-0.2, 0) is 4.74 Å². The van der Waals surface area contributed by atoms with Gasteiger partial charge in [-0.3, -0.25) is 9.36 Å². The molecule has 0 bridgehead atoms. The fourth-order valence-electron chi connectivity index (χ4n) is 1.63. The molecule has 7 heteroatoms. The van der Waals surface area contributed by atoms with E-state index in [-0.39, 0.29) is 17.1 Å². The van der Waals surface area contributed by atoms with Gasteiger partial charge in [-0.25, -0.2) is 14.2 Å². The van der Waals surface area contributed by atoms with Crippen molar-refractivity contribution in [2.45, 2.75) is 0 Å². The van der Waals surface area contributed by atoms with Crippen LogP contribution in [0.2, 0.25) is 0 Å². The number of esters is 1. The van der Waals surface area contributed by atoms with Gasteiger partial charge in [0.2, 0.25) is 0 Å². The summed E-state index contributed by atoms with van der Waals surface area (Å²) in [6, 6.07) is 3.82. The normalized spacial score (nSPS) is 10.2. The molecule has 0 spiro atoms. The Morgan fingerprint density at radius 2 is 2.15 bits per heavy atom. The maximum Gasteiger partial charge on any atom is 0.343 e. The Morgan fingerprint density at radius 3 is 2.75 bits per heavy atom. The fraction of sp³-hybridized carbons (Fsp3) is 0.154. The second-order valence-electron chi connectivity index (χ2n) is 3.77. The zero-order valence-corrected chi connectivity index (χ0v) is 10.8. The SMILES string of the molecule is COC(=O)c1cccn(-c2ncc(OC)cc2F)c1=O. The van der Waals surface area contributed by atoms with Crippen LogP contribution in [0.3, 0.4) is 0 Å². The number of hydrogen-bond acceptors (Lipinski definition) is 5. The molecule has 2 heterocycles. The molecular formula is C13H11FN2O4. The van der Waals surface area contributed by atoms with Gasteiger partial charge < -0.3 is 9.47 Å². The molecule has 0 aliphatic rings. The topological polar surface area (TPSA) is 70.4 Å². The highest BCUT2D eigenvalue weighted by molar-refractivity contribution is 5.88. The van der Waals surface area contributed by atoms with Crippen LogP contribution in [-0.4, -0.2) is 29.7 Å². The molecule has 2 aromatic heterocycles. The number of rotatable bonds is 3. The average Bonchev–Trinajstić information content (AvgIpc) is 2.47. The van der Waals surface area contributed by atoms with E-state index < -0.39 is 17.3 Å². The molecule has 0 atom stereocenters. The van der Waals surface area contributed by atoms with E-state index in [4.69, 9.17) is 4.74 Å². The number of ether oxygens (including phenoxy) is 2. The Morgan fingerprint density at radius 1 is 1.40 bits per heavy atom. The Kier molecular flexibility index (Phi) is 3.79. The number of hydrogen-bond donors (Lipinski definition) is 0. The standard InChI is InChI=1S/C13H11FN2O4/c1-19-8-6-10(14)11(15-7-8)16-5-3-4-9(12(16)17)13(18)20-2/h3-7H,1-2H3. The summed E-state index contributed by atoms with van der Waals surface area (Å²) in [6.45, 7) is 0. The monoisotopic (exact) mass is 278 g/mol. The first-order valence-corrected chi connectivity index (χ1v) is 5.58. The second kappa shape index (κ2) is 5.52. The van der Waals surface area contributed by atoms with Crippen LogP contribution < -0.4 is 10.3 Å². The van der Waals surface area contributed by atoms with Gasteiger partial charge >= 0.3 is 5.97 Å². The van der Waals surface area contributed by atoms with E-state index >= 15 is 0 Å². The molecule has 0 fully saturated rings. The van der Waals surface area contributed by atoms with Crippen LogP contribution in [0.5, 0.6) is 5.75 Å². The molecule has 0 aliphatic heterocycles. The molecule has 2 rings (SSSR count). The summed E-state index contributed by atoms with van der Waals surface area (Å²) in [5.41, 5.74) is -0.914. The van der Waals surface area contributed by atoms with Gasteiger partial charge in [0.05, 0.1) is 20.4 Å². The van der Waals surface area contributed by atoms with Crippen molar-refractivity contribution in [1.29, 1.82) is 0 Å². The molecule has 0 amide bonds. The van der Waals surface area contributed by atoms with Crippen LogP contribution in [0.1, 0.15) is 10.4 Å². The number of halogens is 1. The lowest BCUT2D eigenvalue weighted by atomic mass is 10.2. The van der Waals surface area contributed by atoms with Gasteiger partial charge in [-0.15, -0.1) is 0 Å². The van der Waals surface area contributed by atoms with Gasteiger partial charge in [-0.1, -0.05) is 0 Å². The maximum absolute atomic E-state index is 13.9. The summed E-state index contributed by atoms with van der Waals surface area (Å²) >= 11 is 0. The molecule has 20 heavy (non-hydrogen) atoms. The third-order valence-electron chi connectivity index (χ3n) is 2.61. The molecular weight excluding hydrogens is 267 g/mol. The fourth-order valence-corrected chi connectivity index (χ4v) is 1.63. The maximum atomic E-state index is 13.9. The van der Waals surface area contributed by atoms with E-state index in [9.17, 15) is 14.0 Å². The minimum absolute atomic E-state index is 0.202. The van der Waals surface area contributed by atoms with Crippen molar-refractivity contribution in [2.75, 3.05) is 14.2 Å². The lowest BCUT2D eigenvalue weighted by molar-refractivity contribution is 0.0598. The van der Waals surface area contributed by atoms with E-state index in [1.54, 1.807) is 0 Å². The van der Waals surface area contributed by atoms with Crippen molar-refractivity contribution in [1.82, 2.24) is 9.55 Å². The molecule has 0 saturated carbocycles. The first kappa shape index (κ1) is 13.7. The van der Waals surface area contributed by atoms with Gasteiger partial charge in [0.15, 0.2) is 11.6 Å². The van der Waals surface area contributed by atoms with Gasteiger partial charge in [0, 0.05) is 12.3 Å². The zero-order chi connectivity index (χ0) is 14.7. The average molecular weight is 278 g/mol. The van der Waals surface area contributed by atoms with Gasteiger partial charge in [-0.2, -0.15) is 0 Å². The van der Waals surface area contributed by atoms with E-state index in [1.165, 1.54) is 31.6 Å². The minimum Gasteiger partial charge on any atom is -0.495 e. The van der Waals surface area contributed by atoms with Gasteiger partial charge in [-0.05, 0) is 12.1 Å². The summed E-state index contributed by atoms with van der Waals surface area (Å²) in [5, 5.41) is 0. The number of methoxy groups -OCH3 is 2. The number of pyridine rings is 2. The molecule has 6 nitrogen and oxygen atoms in total. The van der Waals surface area contributed by atoms with Crippen LogP contribution >= 0.6 is 0 Å². The van der Waals surface area contributed by atoms with Crippen LogP contribution in [0.4, 0.5) is 4.39 Å². The number of nitrogens with zero attached hydrogens (tertiary/aromatic N) is 2. The summed E-state index contributed by atoms with van der Waals surface area (Å²) in [5.74, 6) is -1.53. The molecule has 0 aliphatic carbocycles. The molecule has 0 unspecified atom stereocenters. The lowest BCUT2D eigenvalue weighted by Gasteiger charge is -2.08. The third-order valence-corrected chi connectivity index (χ3v) is 2.61. The number of carbonyl (C=O) groups is 1. The largest absolute Gasteiger partial charge is 0.495 e. The summed E-state index contributed by atoms with van der Waals surface area (Å²) in [6.07, 6.45) is 2.59. The predicted octanol–water partition coefficient (Wildman–Crippen LogP) is 1.17. The second-order valence-corrected chi connectivity index (χ2v) is 3.77. The zero-order valence-electron chi connectivity index (χ0n) is 10.8. The van der Waals surface area contributed by atoms with Crippen molar-refractivity contribution >= 4 is 5.97 Å². The molecule has 104 valence electrons. The highest BCUT2D eigenvalue weighted by Crippen LogP contribution is 2.15. The summed E-state index contributed by atoms with van der Waals surface area (Å²) in [7, 11) is 2.53. The first-order valence-electron chi connectivity index (χ1n) is 5.58. The first-order chi connectivity index (χ1) is 9.58. The highest BCUT2D eigenvalue weighted by atomic mass is 19.1. The van der Waals surface area contributed by atoms with Crippen molar-refractivity contribution in [3.8, 4) is 11.6 Å². The molecule has 2 aromatic rings. The minimum atomic E-state index is -0.793. The lowest BCUT2D eigenvalue weighted by Crippen LogP contribution is -2.26. The van der Waals surface area contributed by atoms with E-state index in [1.807, 2.05) is 0 Å². The highest BCUT2D eigenvalue weighted by Gasteiger charge is 2.16. The van der Waals surface area contributed by atoms with Crippen LogP contribution in [0, 0.1) is 5.82 Å². The van der Waals surface area contributed by atoms with E-state index in [0.29, 0.717) is 0 Å². The quantitative estimate of drug-likeness (QED) is 0.788. The third kappa shape index (κ3) is 2.37. The number of aromatic nitrogens is 2. The van der Waals surface area contributed by atoms with Crippen LogP contribution in [0.25, 0.3) is 5.82 Å². The van der Waals surface area contributed by atoms with E-state index in [2.05, 4.69) is 9.72 Å². The number of carbonyl (C=O) groups excluding carboxylic acids is 1.